The molecule has 0 aliphatic rings. The number of hydrogen-bond donors (Lipinski definition) is 0. The van der Waals surface area contributed by atoms with Crippen molar-refractivity contribution in [2.75, 3.05) is 7.11 Å². The fraction of sp³-hybridized carbons (Fsp3) is 0.0870. The number of rotatable bonds is 5. The van der Waals surface area contributed by atoms with Crippen LogP contribution in [-0.4, -0.2) is 16.7 Å². The van der Waals surface area contributed by atoms with Gasteiger partial charge in [-0.15, -0.1) is 0 Å². The minimum atomic E-state index is -0.578. The first-order valence-corrected chi connectivity index (χ1v) is 8.60. The zero-order chi connectivity index (χ0) is 17.8. The predicted molar refractivity (Wildman–Crippen MR) is 103 cm³/mol. The Balaban J connectivity index is 2.15. The Kier molecular flexibility index (Phi) is 4.28. The molecule has 128 valence electrons. The van der Waals surface area contributed by atoms with Gasteiger partial charge >= 0.3 is 0 Å². The molecule has 0 aliphatic carbocycles. The van der Waals surface area contributed by atoms with Crippen molar-refractivity contribution in [3.63, 3.8) is 0 Å². The topological polar surface area (TPSA) is 27.1 Å². The third-order valence-corrected chi connectivity index (χ3v) is 4.75. The molecule has 0 aliphatic heterocycles. The highest BCUT2D eigenvalue weighted by molar-refractivity contribution is 5.51. The summed E-state index contributed by atoms with van der Waals surface area (Å²) in [6.07, 6.45) is 3.59. The zero-order valence-corrected chi connectivity index (χ0v) is 14.6. The van der Waals surface area contributed by atoms with Gasteiger partial charge in [-0.3, -0.25) is 4.57 Å². The summed E-state index contributed by atoms with van der Waals surface area (Å²) in [5.74, 6) is 0.710. The zero-order valence-electron chi connectivity index (χ0n) is 14.6. The normalized spacial score (nSPS) is 11.3. The predicted octanol–water partition coefficient (Wildman–Crippen LogP) is 4.73. The molecular weight excluding hydrogens is 320 g/mol. The summed E-state index contributed by atoms with van der Waals surface area (Å²) in [5.41, 5.74) is 2.86. The SMILES string of the molecule is COc1cncn1C(c1ccccc1)(c1ccccc1)c1ccccc1. The van der Waals surface area contributed by atoms with Crippen molar-refractivity contribution >= 4 is 0 Å². The van der Waals surface area contributed by atoms with Gasteiger partial charge in [0.1, 0.15) is 5.54 Å². The van der Waals surface area contributed by atoms with Crippen LogP contribution in [0.5, 0.6) is 5.88 Å². The lowest BCUT2D eigenvalue weighted by Gasteiger charge is -2.37. The molecule has 0 bridgehead atoms. The highest BCUT2D eigenvalue weighted by Gasteiger charge is 2.39. The van der Waals surface area contributed by atoms with E-state index in [1.54, 1.807) is 13.3 Å². The molecule has 0 unspecified atom stereocenters. The number of benzene rings is 3. The Morgan fingerprint density at radius 3 is 1.50 bits per heavy atom. The molecule has 4 rings (SSSR count). The van der Waals surface area contributed by atoms with Crippen LogP contribution in [0, 0.1) is 0 Å². The van der Waals surface area contributed by atoms with Crippen molar-refractivity contribution in [3.05, 3.63) is 120 Å². The van der Waals surface area contributed by atoms with Crippen LogP contribution in [-0.2, 0) is 5.54 Å². The van der Waals surface area contributed by atoms with E-state index in [1.165, 1.54) is 0 Å². The van der Waals surface area contributed by atoms with Crippen LogP contribution in [0.2, 0.25) is 0 Å². The summed E-state index contributed by atoms with van der Waals surface area (Å²) in [6.45, 7) is 0. The smallest absolute Gasteiger partial charge is 0.214 e. The molecule has 0 radical (unpaired) electrons. The van der Waals surface area contributed by atoms with Crippen LogP contribution in [0.25, 0.3) is 0 Å². The first kappa shape index (κ1) is 16.2. The van der Waals surface area contributed by atoms with Crippen molar-refractivity contribution in [1.29, 1.82) is 0 Å². The Morgan fingerprint density at radius 1 is 0.692 bits per heavy atom. The van der Waals surface area contributed by atoms with Crippen molar-refractivity contribution in [1.82, 2.24) is 9.55 Å². The van der Waals surface area contributed by atoms with Crippen LogP contribution in [0.3, 0.4) is 0 Å². The summed E-state index contributed by atoms with van der Waals surface area (Å²) in [5, 5.41) is 0. The van der Waals surface area contributed by atoms with E-state index >= 15 is 0 Å². The van der Waals surface area contributed by atoms with Gasteiger partial charge in [0, 0.05) is 0 Å². The van der Waals surface area contributed by atoms with Gasteiger partial charge in [-0.25, -0.2) is 4.98 Å². The average Bonchev–Trinajstić information content (AvgIpc) is 3.20. The summed E-state index contributed by atoms with van der Waals surface area (Å²) < 4.78 is 7.76. The Labute approximate surface area is 153 Å². The van der Waals surface area contributed by atoms with Crippen molar-refractivity contribution in [3.8, 4) is 5.88 Å². The molecule has 4 aromatic rings. The van der Waals surface area contributed by atoms with Crippen LogP contribution < -0.4 is 4.74 Å². The molecule has 0 spiro atoms. The summed E-state index contributed by atoms with van der Waals surface area (Å²) >= 11 is 0. The molecule has 3 heteroatoms. The van der Waals surface area contributed by atoms with Gasteiger partial charge in [-0.05, 0) is 16.7 Å². The number of aromatic nitrogens is 2. The second-order valence-corrected chi connectivity index (χ2v) is 6.11. The maximum Gasteiger partial charge on any atom is 0.214 e. The van der Waals surface area contributed by atoms with Crippen LogP contribution in [0.1, 0.15) is 16.7 Å². The minimum absolute atomic E-state index is 0.578. The average molecular weight is 340 g/mol. The fourth-order valence-electron chi connectivity index (χ4n) is 3.64. The first-order valence-electron chi connectivity index (χ1n) is 8.60. The van der Waals surface area contributed by atoms with Crippen LogP contribution >= 0.6 is 0 Å². The van der Waals surface area contributed by atoms with Gasteiger partial charge in [0.05, 0.1) is 19.6 Å². The van der Waals surface area contributed by atoms with Crippen LogP contribution in [0.4, 0.5) is 0 Å². The molecule has 3 nitrogen and oxygen atoms in total. The highest BCUT2D eigenvalue weighted by atomic mass is 16.5. The maximum atomic E-state index is 5.66. The Hall–Kier alpha value is -3.33. The summed E-state index contributed by atoms with van der Waals surface area (Å²) in [7, 11) is 1.68. The second kappa shape index (κ2) is 6.89. The van der Waals surface area contributed by atoms with E-state index in [2.05, 4.69) is 82.3 Å². The van der Waals surface area contributed by atoms with E-state index in [1.807, 2.05) is 24.5 Å². The molecule has 1 heterocycles. The number of imidazole rings is 1. The van der Waals surface area contributed by atoms with Crippen molar-refractivity contribution in [2.24, 2.45) is 0 Å². The molecule has 1 aromatic heterocycles. The van der Waals surface area contributed by atoms with Gasteiger partial charge in [-0.1, -0.05) is 91.0 Å². The number of methoxy groups -OCH3 is 1. The molecule has 26 heavy (non-hydrogen) atoms. The van der Waals surface area contributed by atoms with Gasteiger partial charge in [0.2, 0.25) is 5.88 Å². The quantitative estimate of drug-likeness (QED) is 0.491. The fourth-order valence-corrected chi connectivity index (χ4v) is 3.64. The summed E-state index contributed by atoms with van der Waals surface area (Å²) in [4.78, 5) is 4.37. The van der Waals surface area contributed by atoms with E-state index in [-0.39, 0.29) is 0 Å². The molecule has 0 saturated carbocycles. The lowest BCUT2D eigenvalue weighted by Crippen LogP contribution is -2.37. The molecule has 0 N–H and O–H groups in total. The number of ether oxygens (including phenoxy) is 1. The van der Waals surface area contributed by atoms with E-state index < -0.39 is 5.54 Å². The standard InChI is InChI=1S/C23H20N2O/c1-26-22-17-24-18-25(22)23(19-11-5-2-6-12-19,20-13-7-3-8-14-20)21-15-9-4-10-16-21/h2-18H,1H3. The molecule has 0 fully saturated rings. The highest BCUT2D eigenvalue weighted by Crippen LogP contribution is 2.42. The molecular formula is C23H20N2O. The number of nitrogens with zero attached hydrogens (tertiary/aromatic N) is 2. The summed E-state index contributed by atoms with van der Waals surface area (Å²) in [6, 6.07) is 31.4. The van der Waals surface area contributed by atoms with E-state index in [4.69, 9.17) is 4.74 Å². The molecule has 0 atom stereocenters. The minimum Gasteiger partial charge on any atom is -0.481 e. The van der Waals surface area contributed by atoms with Gasteiger partial charge in [-0.2, -0.15) is 0 Å². The Bertz CT molecular complexity index is 866. The van der Waals surface area contributed by atoms with Crippen LogP contribution in [0.15, 0.2) is 104 Å². The van der Waals surface area contributed by atoms with Gasteiger partial charge < -0.3 is 4.74 Å². The van der Waals surface area contributed by atoms with E-state index in [0.717, 1.165) is 16.7 Å². The Morgan fingerprint density at radius 2 is 1.12 bits per heavy atom. The molecule has 0 saturated heterocycles. The molecule has 0 amide bonds. The number of hydrogen-bond acceptors (Lipinski definition) is 2. The van der Waals surface area contributed by atoms with E-state index in [9.17, 15) is 0 Å². The monoisotopic (exact) mass is 340 g/mol. The lowest BCUT2D eigenvalue weighted by molar-refractivity contribution is 0.347. The maximum absolute atomic E-state index is 5.66. The van der Waals surface area contributed by atoms with Crippen molar-refractivity contribution < 1.29 is 4.74 Å². The van der Waals surface area contributed by atoms with Crippen molar-refractivity contribution in [2.45, 2.75) is 5.54 Å². The largest absolute Gasteiger partial charge is 0.481 e. The van der Waals surface area contributed by atoms with Gasteiger partial charge in [0.15, 0.2) is 0 Å². The second-order valence-electron chi connectivity index (χ2n) is 6.11. The first-order chi connectivity index (χ1) is 12.9. The molecule has 3 aromatic carbocycles. The third kappa shape index (κ3) is 2.49. The van der Waals surface area contributed by atoms with E-state index in [0.29, 0.717) is 5.88 Å². The van der Waals surface area contributed by atoms with Gasteiger partial charge in [0.25, 0.3) is 0 Å². The lowest BCUT2D eigenvalue weighted by atomic mass is 9.76. The third-order valence-electron chi connectivity index (χ3n) is 4.75.